The van der Waals surface area contributed by atoms with Gasteiger partial charge in [-0.15, -0.1) is 10.2 Å². The van der Waals surface area contributed by atoms with E-state index in [4.69, 9.17) is 21.1 Å². The van der Waals surface area contributed by atoms with Gasteiger partial charge in [0.05, 0.1) is 18.9 Å². The number of esters is 1. The lowest BCUT2D eigenvalue weighted by Crippen LogP contribution is -2.09. The molecule has 0 aliphatic carbocycles. The zero-order valence-corrected chi connectivity index (χ0v) is 19.0. The molecule has 0 bridgehead atoms. The van der Waals surface area contributed by atoms with Gasteiger partial charge in [-0.2, -0.15) is 9.78 Å². The normalized spacial score (nSPS) is 11.0. The van der Waals surface area contributed by atoms with Crippen LogP contribution in [0.5, 0.6) is 11.5 Å². The van der Waals surface area contributed by atoms with Crippen LogP contribution in [-0.2, 0) is 5.75 Å². The summed E-state index contributed by atoms with van der Waals surface area (Å²) in [6.45, 7) is 0. The molecule has 4 rings (SSSR count). The Morgan fingerprint density at radius 1 is 1.18 bits per heavy atom. The van der Waals surface area contributed by atoms with Gasteiger partial charge in [0.1, 0.15) is 6.33 Å². The molecule has 0 unspecified atom stereocenters. The van der Waals surface area contributed by atoms with Crippen molar-refractivity contribution < 1.29 is 14.3 Å². The van der Waals surface area contributed by atoms with E-state index in [1.807, 2.05) is 24.3 Å². The number of aromatic nitrogens is 4. The van der Waals surface area contributed by atoms with Gasteiger partial charge in [-0.3, -0.25) is 4.98 Å². The number of hydrogen-bond donors (Lipinski definition) is 0. The Balaban J connectivity index is 1.44. The molecule has 0 aliphatic heterocycles. The summed E-state index contributed by atoms with van der Waals surface area (Å²) in [4.78, 5) is 16.2. The van der Waals surface area contributed by atoms with E-state index in [9.17, 15) is 4.79 Å². The maximum absolute atomic E-state index is 12.3. The van der Waals surface area contributed by atoms with Crippen LogP contribution in [0.3, 0.4) is 0 Å². The van der Waals surface area contributed by atoms with Crippen LogP contribution in [0.25, 0.3) is 0 Å². The molecular weight excluding hydrogens is 462 g/mol. The largest absolute Gasteiger partial charge is 0.493 e. The summed E-state index contributed by atoms with van der Waals surface area (Å²) in [7, 11) is 1.50. The Labute approximate surface area is 199 Å². The molecule has 4 aromatic rings. The highest BCUT2D eigenvalue weighted by Gasteiger charge is 2.13. The molecule has 10 heteroatoms. The smallest absolute Gasteiger partial charge is 0.345 e. The number of nitrogens with zero attached hydrogens (tertiary/aromatic N) is 5. The molecule has 0 saturated carbocycles. The van der Waals surface area contributed by atoms with E-state index >= 15 is 0 Å². The summed E-state index contributed by atoms with van der Waals surface area (Å²) in [5.41, 5.74) is 2.21. The first-order valence-electron chi connectivity index (χ1n) is 9.74. The summed E-state index contributed by atoms with van der Waals surface area (Å²) in [6, 6.07) is 16.1. The Bertz CT molecular complexity index is 1260. The van der Waals surface area contributed by atoms with E-state index in [2.05, 4.69) is 20.3 Å². The highest BCUT2D eigenvalue weighted by atomic mass is 35.5. The van der Waals surface area contributed by atoms with E-state index in [-0.39, 0.29) is 0 Å². The lowest BCUT2D eigenvalue weighted by Gasteiger charge is -2.09. The van der Waals surface area contributed by atoms with Crippen LogP contribution in [0.2, 0.25) is 5.02 Å². The van der Waals surface area contributed by atoms with E-state index in [0.717, 1.165) is 11.1 Å². The second kappa shape index (κ2) is 10.8. The van der Waals surface area contributed by atoms with Crippen molar-refractivity contribution in [3.8, 4) is 11.5 Å². The number of ether oxygens (including phenoxy) is 2. The van der Waals surface area contributed by atoms with Crippen molar-refractivity contribution >= 4 is 35.5 Å². The molecular formula is C23H18ClN5O3S. The van der Waals surface area contributed by atoms with E-state index in [1.54, 1.807) is 47.4 Å². The number of pyridine rings is 1. The van der Waals surface area contributed by atoms with Crippen LogP contribution in [0.4, 0.5) is 0 Å². The lowest BCUT2D eigenvalue weighted by atomic mass is 10.2. The average molecular weight is 480 g/mol. The third kappa shape index (κ3) is 5.97. The molecule has 0 atom stereocenters. The van der Waals surface area contributed by atoms with Crippen LogP contribution in [0, 0.1) is 0 Å². The van der Waals surface area contributed by atoms with E-state index in [0.29, 0.717) is 33.0 Å². The minimum absolute atomic E-state index is 0.298. The van der Waals surface area contributed by atoms with Crippen molar-refractivity contribution in [2.24, 2.45) is 5.10 Å². The quantitative estimate of drug-likeness (QED) is 0.156. The van der Waals surface area contributed by atoms with Crippen molar-refractivity contribution in [2.75, 3.05) is 7.11 Å². The minimum atomic E-state index is -0.519. The molecule has 0 radical (unpaired) electrons. The third-order valence-electron chi connectivity index (χ3n) is 4.40. The highest BCUT2D eigenvalue weighted by molar-refractivity contribution is 7.98. The monoisotopic (exact) mass is 479 g/mol. The average Bonchev–Trinajstić information content (AvgIpc) is 3.31. The fourth-order valence-electron chi connectivity index (χ4n) is 2.74. The van der Waals surface area contributed by atoms with Crippen molar-refractivity contribution in [1.29, 1.82) is 0 Å². The number of methoxy groups -OCH3 is 1. The molecule has 0 amide bonds. The topological polar surface area (TPSA) is 91.5 Å². The maximum Gasteiger partial charge on any atom is 0.345 e. The van der Waals surface area contributed by atoms with Crippen molar-refractivity contribution in [2.45, 2.75) is 10.9 Å². The molecule has 0 saturated heterocycles. The van der Waals surface area contributed by atoms with Gasteiger partial charge in [0.2, 0.25) is 5.16 Å². The summed E-state index contributed by atoms with van der Waals surface area (Å²) < 4.78 is 12.4. The highest BCUT2D eigenvalue weighted by Crippen LogP contribution is 2.28. The lowest BCUT2D eigenvalue weighted by molar-refractivity contribution is 0.0729. The summed E-state index contributed by atoms with van der Waals surface area (Å²) in [5.74, 6) is 0.884. The fourth-order valence-corrected chi connectivity index (χ4v) is 3.69. The molecule has 33 heavy (non-hydrogen) atoms. The summed E-state index contributed by atoms with van der Waals surface area (Å²) >= 11 is 7.44. The number of thioether (sulfide) groups is 1. The molecule has 2 heterocycles. The van der Waals surface area contributed by atoms with Crippen LogP contribution >= 0.6 is 23.4 Å². The SMILES string of the molecule is COc1cc(C=Nn2cnnc2SCc2ccc(Cl)cc2)ccc1OC(=O)c1cccnc1. The van der Waals surface area contributed by atoms with Gasteiger partial charge in [-0.05, 0) is 53.6 Å². The molecule has 8 nitrogen and oxygen atoms in total. The van der Waals surface area contributed by atoms with Crippen molar-refractivity contribution in [3.63, 3.8) is 0 Å². The number of halogens is 1. The second-order valence-corrected chi connectivity index (χ2v) is 8.04. The van der Waals surface area contributed by atoms with Gasteiger partial charge in [0, 0.05) is 23.2 Å². The van der Waals surface area contributed by atoms with Crippen LogP contribution in [0.1, 0.15) is 21.5 Å². The Morgan fingerprint density at radius 2 is 2.03 bits per heavy atom. The number of carbonyl (C=O) groups is 1. The van der Waals surface area contributed by atoms with E-state index < -0.39 is 5.97 Å². The van der Waals surface area contributed by atoms with Crippen molar-refractivity contribution in [1.82, 2.24) is 19.9 Å². The molecule has 2 aromatic heterocycles. The number of rotatable bonds is 8. The predicted molar refractivity (Wildman–Crippen MR) is 126 cm³/mol. The van der Waals surface area contributed by atoms with Crippen LogP contribution < -0.4 is 9.47 Å². The van der Waals surface area contributed by atoms with Gasteiger partial charge < -0.3 is 9.47 Å². The van der Waals surface area contributed by atoms with Gasteiger partial charge in [0.25, 0.3) is 0 Å². The van der Waals surface area contributed by atoms with Crippen LogP contribution in [-0.4, -0.2) is 39.2 Å². The number of benzene rings is 2. The number of hydrogen-bond acceptors (Lipinski definition) is 8. The van der Waals surface area contributed by atoms with Gasteiger partial charge >= 0.3 is 5.97 Å². The zero-order chi connectivity index (χ0) is 23.0. The first-order chi connectivity index (χ1) is 16.1. The number of carbonyl (C=O) groups excluding carboxylic acids is 1. The fraction of sp³-hybridized carbons (Fsp3) is 0.0870. The molecule has 0 aliphatic rings. The summed E-state index contributed by atoms with van der Waals surface area (Å²) in [5, 5.41) is 13.8. The molecule has 2 aromatic carbocycles. The Morgan fingerprint density at radius 3 is 2.79 bits per heavy atom. The second-order valence-electron chi connectivity index (χ2n) is 6.66. The Hall–Kier alpha value is -3.69. The van der Waals surface area contributed by atoms with E-state index in [1.165, 1.54) is 31.4 Å². The van der Waals surface area contributed by atoms with Gasteiger partial charge in [0.15, 0.2) is 11.5 Å². The standard InChI is InChI=1S/C23H18ClN5O3S/c1-31-21-11-17(6-9-20(21)32-22(30)18-3-2-10-25-13-18)12-27-29-15-26-28-23(29)33-14-16-4-7-19(24)8-5-16/h2-13,15H,14H2,1H3. The Kier molecular flexibility index (Phi) is 7.33. The molecule has 166 valence electrons. The third-order valence-corrected chi connectivity index (χ3v) is 5.66. The predicted octanol–water partition coefficient (Wildman–Crippen LogP) is 4.73. The first-order valence-corrected chi connectivity index (χ1v) is 11.1. The molecule has 0 N–H and O–H groups in total. The molecule has 0 spiro atoms. The summed E-state index contributed by atoms with van der Waals surface area (Å²) in [6.07, 6.45) is 6.20. The van der Waals surface area contributed by atoms with Crippen molar-refractivity contribution in [3.05, 3.63) is 95.0 Å². The first kappa shape index (κ1) is 22.5. The van der Waals surface area contributed by atoms with Crippen LogP contribution in [0.15, 0.2) is 83.6 Å². The molecule has 0 fully saturated rings. The zero-order valence-electron chi connectivity index (χ0n) is 17.5. The maximum atomic E-state index is 12.3. The van der Waals surface area contributed by atoms with Gasteiger partial charge in [-0.25, -0.2) is 4.79 Å². The van der Waals surface area contributed by atoms with Gasteiger partial charge in [-0.1, -0.05) is 35.5 Å². The minimum Gasteiger partial charge on any atom is -0.493 e.